The Bertz CT molecular complexity index is 1180. The highest BCUT2D eigenvalue weighted by atomic mass is 32.2. The average Bonchev–Trinajstić information content (AvgIpc) is 2.64. The van der Waals surface area contributed by atoms with Crippen LogP contribution in [0.4, 0.5) is 17.6 Å². The van der Waals surface area contributed by atoms with Crippen LogP contribution >= 0.6 is 11.8 Å². The van der Waals surface area contributed by atoms with Gasteiger partial charge < -0.3 is 0 Å². The van der Waals surface area contributed by atoms with Crippen LogP contribution in [0.5, 0.6) is 0 Å². The van der Waals surface area contributed by atoms with Gasteiger partial charge in [-0.3, -0.25) is 14.2 Å². The fourth-order valence-electron chi connectivity index (χ4n) is 2.90. The number of nitriles is 1. The summed E-state index contributed by atoms with van der Waals surface area (Å²) in [6.07, 6.45) is -4.50. The molecule has 166 valence electrons. The molecule has 11 heteroatoms. The number of nitrogens with zero attached hydrogens (tertiary/aromatic N) is 3. The van der Waals surface area contributed by atoms with Gasteiger partial charge in [-0.15, -0.1) is 11.8 Å². The predicted octanol–water partition coefficient (Wildman–Crippen LogP) is 3.66. The summed E-state index contributed by atoms with van der Waals surface area (Å²) in [4.78, 5) is 36.9. The van der Waals surface area contributed by atoms with E-state index >= 15 is 0 Å². The monoisotopic (exact) mass is 457 g/mol. The second kappa shape index (κ2) is 9.09. The molecule has 1 heterocycles. The summed E-state index contributed by atoms with van der Waals surface area (Å²) in [5, 5.41) is 8.77. The quantitative estimate of drug-likeness (QED) is 0.488. The SMILES string of the molecule is CC(=O)C(CC(C)C)Sc1cc(-n2c(=O)cc(C(F)(F)F)n(C)c2=O)c(F)cc1C#N. The average molecular weight is 457 g/mol. The smallest absolute Gasteiger partial charge is 0.299 e. The Labute approximate surface area is 179 Å². The Morgan fingerprint density at radius 2 is 1.84 bits per heavy atom. The molecule has 1 aromatic carbocycles. The molecule has 0 radical (unpaired) electrons. The first kappa shape index (κ1) is 24.4. The molecule has 0 spiro atoms. The van der Waals surface area contributed by atoms with Crippen LogP contribution in [0, 0.1) is 23.1 Å². The number of benzene rings is 1. The van der Waals surface area contributed by atoms with Gasteiger partial charge in [0.15, 0.2) is 0 Å². The zero-order valence-electron chi connectivity index (χ0n) is 17.1. The molecule has 2 rings (SSSR count). The molecular formula is C20H19F4N3O3S. The lowest BCUT2D eigenvalue weighted by Crippen LogP contribution is -2.41. The lowest BCUT2D eigenvalue weighted by atomic mass is 10.1. The Kier molecular flexibility index (Phi) is 7.16. The molecule has 0 amide bonds. The van der Waals surface area contributed by atoms with E-state index in [0.29, 0.717) is 6.42 Å². The van der Waals surface area contributed by atoms with E-state index in [1.54, 1.807) is 6.07 Å². The number of carbonyl (C=O) groups excluding carboxylic acids is 1. The van der Waals surface area contributed by atoms with Gasteiger partial charge in [-0.05, 0) is 31.4 Å². The molecule has 0 saturated carbocycles. The lowest BCUT2D eigenvalue weighted by Gasteiger charge is -2.18. The minimum Gasteiger partial charge on any atom is -0.299 e. The van der Waals surface area contributed by atoms with Gasteiger partial charge >= 0.3 is 11.9 Å². The molecule has 2 aromatic rings. The second-order valence-electron chi connectivity index (χ2n) is 7.30. The Morgan fingerprint density at radius 1 is 1.23 bits per heavy atom. The number of thioether (sulfide) groups is 1. The maximum Gasteiger partial charge on any atom is 0.431 e. The van der Waals surface area contributed by atoms with E-state index in [9.17, 15) is 37.2 Å². The predicted molar refractivity (Wildman–Crippen MR) is 107 cm³/mol. The number of ketones is 1. The molecule has 0 saturated heterocycles. The maximum atomic E-state index is 14.7. The number of rotatable bonds is 6. The van der Waals surface area contributed by atoms with Crippen LogP contribution in [0.15, 0.2) is 32.7 Å². The molecule has 0 aliphatic rings. The van der Waals surface area contributed by atoms with Crippen molar-refractivity contribution in [2.24, 2.45) is 13.0 Å². The zero-order chi connectivity index (χ0) is 23.7. The van der Waals surface area contributed by atoms with Crippen molar-refractivity contribution in [2.75, 3.05) is 0 Å². The maximum absolute atomic E-state index is 14.7. The molecule has 0 fully saturated rings. The van der Waals surface area contributed by atoms with Crippen molar-refractivity contribution in [2.45, 2.75) is 43.5 Å². The van der Waals surface area contributed by atoms with Gasteiger partial charge in [-0.25, -0.2) is 13.8 Å². The van der Waals surface area contributed by atoms with E-state index < -0.39 is 39.9 Å². The summed E-state index contributed by atoms with van der Waals surface area (Å²) in [5.41, 5.74) is -4.98. The fourth-order valence-corrected chi connectivity index (χ4v) is 4.26. The first-order valence-corrected chi connectivity index (χ1v) is 9.97. The number of carbonyl (C=O) groups is 1. The second-order valence-corrected chi connectivity index (χ2v) is 8.55. The van der Waals surface area contributed by atoms with Gasteiger partial charge in [0.1, 0.15) is 23.4 Å². The van der Waals surface area contributed by atoms with Crippen molar-refractivity contribution in [1.29, 1.82) is 5.26 Å². The lowest BCUT2D eigenvalue weighted by molar-refractivity contribution is -0.144. The van der Waals surface area contributed by atoms with E-state index in [2.05, 4.69) is 0 Å². The molecular weight excluding hydrogens is 438 g/mol. The Balaban J connectivity index is 2.73. The van der Waals surface area contributed by atoms with Gasteiger partial charge in [-0.2, -0.15) is 18.4 Å². The molecule has 0 bridgehead atoms. The summed E-state index contributed by atoms with van der Waals surface area (Å²) in [7, 11) is 0.812. The molecule has 0 N–H and O–H groups in total. The first-order chi connectivity index (χ1) is 14.3. The summed E-state index contributed by atoms with van der Waals surface area (Å²) < 4.78 is 54.3. The molecule has 6 nitrogen and oxygen atoms in total. The van der Waals surface area contributed by atoms with Gasteiger partial charge in [0, 0.05) is 18.0 Å². The van der Waals surface area contributed by atoms with Crippen molar-refractivity contribution >= 4 is 17.5 Å². The van der Waals surface area contributed by atoms with E-state index in [0.717, 1.165) is 30.9 Å². The largest absolute Gasteiger partial charge is 0.431 e. The third kappa shape index (κ3) is 5.25. The first-order valence-electron chi connectivity index (χ1n) is 9.09. The number of aromatic nitrogens is 2. The fraction of sp³-hybridized carbons (Fsp3) is 0.400. The van der Waals surface area contributed by atoms with Crippen molar-refractivity contribution in [3.63, 3.8) is 0 Å². The van der Waals surface area contributed by atoms with E-state index in [-0.39, 0.29) is 37.4 Å². The van der Waals surface area contributed by atoms with E-state index in [4.69, 9.17) is 0 Å². The van der Waals surface area contributed by atoms with Crippen LogP contribution in [-0.2, 0) is 18.0 Å². The number of alkyl halides is 3. The molecule has 0 aliphatic heterocycles. The highest BCUT2D eigenvalue weighted by Gasteiger charge is 2.35. The number of Topliss-reactive ketones (excluding diaryl/α,β-unsaturated/α-hetero) is 1. The molecule has 0 aliphatic carbocycles. The Hall–Kier alpha value is -2.87. The normalized spacial score (nSPS) is 12.6. The van der Waals surface area contributed by atoms with Crippen molar-refractivity contribution in [3.8, 4) is 11.8 Å². The van der Waals surface area contributed by atoms with Crippen LogP contribution < -0.4 is 11.2 Å². The van der Waals surface area contributed by atoms with Crippen molar-refractivity contribution in [3.05, 3.63) is 56.1 Å². The zero-order valence-corrected chi connectivity index (χ0v) is 17.9. The van der Waals surface area contributed by atoms with Crippen LogP contribution in [0.1, 0.15) is 38.4 Å². The summed E-state index contributed by atoms with van der Waals surface area (Å²) in [6.45, 7) is 5.15. The van der Waals surface area contributed by atoms with Crippen LogP contribution in [0.25, 0.3) is 5.69 Å². The summed E-state index contributed by atoms with van der Waals surface area (Å²) >= 11 is 0.974. The van der Waals surface area contributed by atoms with Crippen LogP contribution in [0.2, 0.25) is 0 Å². The van der Waals surface area contributed by atoms with Crippen molar-refractivity contribution in [1.82, 2.24) is 9.13 Å². The van der Waals surface area contributed by atoms with Gasteiger partial charge in [0.05, 0.1) is 16.5 Å². The molecule has 1 unspecified atom stereocenters. The third-order valence-corrected chi connectivity index (χ3v) is 5.83. The molecule has 1 aromatic heterocycles. The van der Waals surface area contributed by atoms with E-state index in [1.165, 1.54) is 6.92 Å². The summed E-state index contributed by atoms with van der Waals surface area (Å²) in [5.74, 6) is -1.18. The number of hydrogen-bond acceptors (Lipinski definition) is 5. The van der Waals surface area contributed by atoms with Gasteiger partial charge in [0.25, 0.3) is 5.56 Å². The Morgan fingerprint density at radius 3 is 2.32 bits per heavy atom. The minimum absolute atomic E-state index is 0.127. The minimum atomic E-state index is -4.96. The van der Waals surface area contributed by atoms with Gasteiger partial charge in [-0.1, -0.05) is 13.8 Å². The van der Waals surface area contributed by atoms with Crippen LogP contribution in [0.3, 0.4) is 0 Å². The standard InChI is InChI=1S/C20H19F4N3O3S/c1-10(2)5-15(11(3)28)31-16-7-14(13(21)6-12(16)9-25)27-18(29)8-17(20(22,23)24)26(4)19(27)30/h6-8,10,15H,5H2,1-4H3. The highest BCUT2D eigenvalue weighted by molar-refractivity contribution is 8.00. The summed E-state index contributed by atoms with van der Waals surface area (Å²) in [6, 6.07) is 3.81. The topological polar surface area (TPSA) is 84.9 Å². The van der Waals surface area contributed by atoms with Gasteiger partial charge in [0.2, 0.25) is 0 Å². The number of halogens is 4. The molecule has 1 atom stereocenters. The van der Waals surface area contributed by atoms with E-state index in [1.807, 2.05) is 13.8 Å². The van der Waals surface area contributed by atoms with Crippen molar-refractivity contribution < 1.29 is 22.4 Å². The molecule has 31 heavy (non-hydrogen) atoms. The number of hydrogen-bond donors (Lipinski definition) is 0. The van der Waals surface area contributed by atoms with Crippen LogP contribution in [-0.4, -0.2) is 20.2 Å². The highest BCUT2D eigenvalue weighted by Crippen LogP contribution is 2.33. The third-order valence-electron chi connectivity index (χ3n) is 4.43.